The Hall–Kier alpha value is -2.34. The Morgan fingerprint density at radius 3 is 2.62 bits per heavy atom. The van der Waals surface area contributed by atoms with Crippen molar-refractivity contribution in [2.45, 2.75) is 38.9 Å². The van der Waals surface area contributed by atoms with Crippen LogP contribution in [0.15, 0.2) is 42.5 Å². The van der Waals surface area contributed by atoms with E-state index in [1.165, 1.54) is 0 Å². The van der Waals surface area contributed by atoms with Gasteiger partial charge in [-0.1, -0.05) is 31.2 Å². The zero-order valence-electron chi connectivity index (χ0n) is 15.2. The van der Waals surface area contributed by atoms with Crippen LogP contribution in [0, 0.1) is 6.92 Å². The normalized spacial score (nSPS) is 14.2. The molecule has 0 radical (unpaired) electrons. The summed E-state index contributed by atoms with van der Waals surface area (Å²) in [5.41, 5.74) is 4.19. The lowest BCUT2D eigenvalue weighted by Gasteiger charge is -2.29. The highest BCUT2D eigenvalue weighted by atomic mass is 32.2. The highest BCUT2D eigenvalue weighted by Gasteiger charge is 2.24. The minimum absolute atomic E-state index is 0.0583. The molecule has 26 heavy (non-hydrogen) atoms. The van der Waals surface area contributed by atoms with Crippen molar-refractivity contribution in [1.29, 1.82) is 0 Å². The smallest absolute Gasteiger partial charge is 0.236 e. The van der Waals surface area contributed by atoms with Gasteiger partial charge >= 0.3 is 0 Å². The van der Waals surface area contributed by atoms with Crippen LogP contribution in [0.3, 0.4) is 0 Å². The van der Waals surface area contributed by atoms with Crippen LogP contribution in [0.2, 0.25) is 0 Å². The van der Waals surface area contributed by atoms with Gasteiger partial charge in [0.1, 0.15) is 0 Å². The summed E-state index contributed by atoms with van der Waals surface area (Å²) in [6.07, 6.45) is 1.99. The van der Waals surface area contributed by atoms with Gasteiger partial charge in [-0.3, -0.25) is 9.52 Å². The zero-order chi connectivity index (χ0) is 18.7. The maximum absolute atomic E-state index is 12.5. The summed E-state index contributed by atoms with van der Waals surface area (Å²) in [7, 11) is -3.50. The Morgan fingerprint density at radius 2 is 1.88 bits per heavy atom. The molecule has 1 N–H and O–H groups in total. The molecule has 138 valence electrons. The largest absolute Gasteiger partial charge is 0.312 e. The highest BCUT2D eigenvalue weighted by molar-refractivity contribution is 7.91. The average molecular weight is 372 g/mol. The standard InChI is InChI=1S/C20H24N2O3S/c1-3-12-22-19-10-9-18(13-16(19)8-11-20(22)23)21-26(24,25)14-17-7-5-4-6-15(17)2/h4-7,9-10,13,21H,3,8,11-12,14H2,1-2H3. The monoisotopic (exact) mass is 372 g/mol. The van der Waals surface area contributed by atoms with Crippen LogP contribution in [-0.2, 0) is 27.0 Å². The third-order valence-corrected chi connectivity index (χ3v) is 5.84. The fourth-order valence-corrected chi connectivity index (χ4v) is 4.58. The molecule has 0 aromatic heterocycles. The van der Waals surface area contributed by atoms with Crippen molar-refractivity contribution in [3.63, 3.8) is 0 Å². The number of nitrogens with one attached hydrogen (secondary N) is 1. The first kappa shape index (κ1) is 18.5. The number of hydrogen-bond acceptors (Lipinski definition) is 3. The Kier molecular flexibility index (Phi) is 5.32. The minimum Gasteiger partial charge on any atom is -0.312 e. The molecule has 0 saturated carbocycles. The SMILES string of the molecule is CCCN1C(=O)CCc2cc(NS(=O)(=O)Cc3ccccc3C)ccc21. The summed E-state index contributed by atoms with van der Waals surface area (Å²) in [4.78, 5) is 13.9. The molecule has 1 heterocycles. The van der Waals surface area contributed by atoms with E-state index in [0.717, 1.165) is 28.8 Å². The molecular weight excluding hydrogens is 348 g/mol. The van der Waals surface area contributed by atoms with Crippen molar-refractivity contribution in [1.82, 2.24) is 0 Å². The number of carbonyl (C=O) groups excluding carboxylic acids is 1. The van der Waals surface area contributed by atoms with Crippen molar-refractivity contribution < 1.29 is 13.2 Å². The number of sulfonamides is 1. The van der Waals surface area contributed by atoms with Gasteiger partial charge in [0.2, 0.25) is 15.9 Å². The summed E-state index contributed by atoms with van der Waals surface area (Å²) in [5.74, 6) is 0.0734. The Labute approximate surface area is 155 Å². The quantitative estimate of drug-likeness (QED) is 0.842. The molecule has 1 aliphatic rings. The van der Waals surface area contributed by atoms with E-state index in [4.69, 9.17) is 0 Å². The molecule has 0 atom stereocenters. The Bertz CT molecular complexity index is 922. The molecule has 1 aliphatic heterocycles. The minimum atomic E-state index is -3.50. The van der Waals surface area contributed by atoms with Crippen LogP contribution >= 0.6 is 0 Å². The molecular formula is C20H24N2O3S. The fourth-order valence-electron chi connectivity index (χ4n) is 3.28. The van der Waals surface area contributed by atoms with Crippen LogP contribution in [-0.4, -0.2) is 20.9 Å². The van der Waals surface area contributed by atoms with Gasteiger partial charge in [0, 0.05) is 24.3 Å². The fraction of sp³-hybridized carbons (Fsp3) is 0.350. The molecule has 0 bridgehead atoms. The molecule has 0 saturated heterocycles. The van der Waals surface area contributed by atoms with Crippen molar-refractivity contribution in [2.24, 2.45) is 0 Å². The van der Waals surface area contributed by atoms with E-state index in [-0.39, 0.29) is 11.7 Å². The Balaban J connectivity index is 1.81. The summed E-state index contributed by atoms with van der Waals surface area (Å²) < 4.78 is 27.7. The molecule has 2 aromatic rings. The lowest BCUT2D eigenvalue weighted by Crippen LogP contribution is -2.35. The van der Waals surface area contributed by atoms with E-state index in [1.807, 2.05) is 50.2 Å². The molecule has 2 aromatic carbocycles. The van der Waals surface area contributed by atoms with Gasteiger partial charge in [0.25, 0.3) is 0 Å². The average Bonchev–Trinajstić information content (AvgIpc) is 2.59. The van der Waals surface area contributed by atoms with Crippen molar-refractivity contribution >= 4 is 27.3 Å². The number of nitrogens with zero attached hydrogens (tertiary/aromatic N) is 1. The summed E-state index contributed by atoms with van der Waals surface area (Å²) in [6, 6.07) is 12.9. The second-order valence-electron chi connectivity index (χ2n) is 6.68. The van der Waals surface area contributed by atoms with Gasteiger partial charge in [0.15, 0.2) is 0 Å². The van der Waals surface area contributed by atoms with Gasteiger partial charge < -0.3 is 4.90 Å². The third kappa shape index (κ3) is 4.07. The van der Waals surface area contributed by atoms with Crippen LogP contribution in [0.1, 0.15) is 36.5 Å². The van der Waals surface area contributed by atoms with Gasteiger partial charge in [-0.15, -0.1) is 0 Å². The summed E-state index contributed by atoms with van der Waals surface area (Å²) in [6.45, 7) is 4.63. The highest BCUT2D eigenvalue weighted by Crippen LogP contribution is 2.31. The third-order valence-electron chi connectivity index (χ3n) is 4.61. The molecule has 1 amide bonds. The first-order chi connectivity index (χ1) is 12.4. The second kappa shape index (κ2) is 7.50. The number of hydrogen-bond donors (Lipinski definition) is 1. The van der Waals surface area contributed by atoms with E-state index in [2.05, 4.69) is 4.72 Å². The first-order valence-electron chi connectivity index (χ1n) is 8.88. The molecule has 6 heteroatoms. The van der Waals surface area contributed by atoms with E-state index in [0.29, 0.717) is 25.1 Å². The zero-order valence-corrected chi connectivity index (χ0v) is 16.0. The maximum Gasteiger partial charge on any atom is 0.236 e. The maximum atomic E-state index is 12.5. The summed E-state index contributed by atoms with van der Waals surface area (Å²) in [5, 5.41) is 0. The van der Waals surface area contributed by atoms with E-state index < -0.39 is 10.0 Å². The molecule has 0 aliphatic carbocycles. The lowest BCUT2D eigenvalue weighted by molar-refractivity contribution is -0.118. The molecule has 0 unspecified atom stereocenters. The topological polar surface area (TPSA) is 66.5 Å². The molecule has 5 nitrogen and oxygen atoms in total. The second-order valence-corrected chi connectivity index (χ2v) is 8.40. The van der Waals surface area contributed by atoms with Gasteiger partial charge in [-0.25, -0.2) is 8.42 Å². The van der Waals surface area contributed by atoms with Crippen molar-refractivity contribution in [3.05, 3.63) is 59.2 Å². The predicted molar refractivity (Wildman–Crippen MR) is 105 cm³/mol. The molecule has 3 rings (SSSR count). The molecule has 0 spiro atoms. The van der Waals surface area contributed by atoms with Crippen LogP contribution in [0.5, 0.6) is 0 Å². The van der Waals surface area contributed by atoms with E-state index in [1.54, 1.807) is 11.0 Å². The van der Waals surface area contributed by atoms with Gasteiger partial charge in [-0.05, 0) is 54.7 Å². The number of carbonyl (C=O) groups is 1. The van der Waals surface area contributed by atoms with Gasteiger partial charge in [0.05, 0.1) is 5.75 Å². The Morgan fingerprint density at radius 1 is 1.12 bits per heavy atom. The summed E-state index contributed by atoms with van der Waals surface area (Å²) >= 11 is 0. The number of fused-ring (bicyclic) bond motifs is 1. The van der Waals surface area contributed by atoms with E-state index >= 15 is 0 Å². The van der Waals surface area contributed by atoms with Crippen LogP contribution in [0.25, 0.3) is 0 Å². The molecule has 0 fully saturated rings. The lowest BCUT2D eigenvalue weighted by atomic mass is 10.0. The van der Waals surface area contributed by atoms with Crippen molar-refractivity contribution in [3.8, 4) is 0 Å². The van der Waals surface area contributed by atoms with E-state index in [9.17, 15) is 13.2 Å². The predicted octanol–water partition coefficient (Wildman–Crippen LogP) is 3.63. The number of aryl methyl sites for hydroxylation is 2. The van der Waals surface area contributed by atoms with Crippen LogP contribution < -0.4 is 9.62 Å². The number of rotatable bonds is 6. The number of benzene rings is 2. The van der Waals surface area contributed by atoms with Crippen LogP contribution in [0.4, 0.5) is 11.4 Å². The van der Waals surface area contributed by atoms with Crippen molar-refractivity contribution in [2.75, 3.05) is 16.2 Å². The van der Waals surface area contributed by atoms with Gasteiger partial charge in [-0.2, -0.15) is 0 Å². The first-order valence-corrected chi connectivity index (χ1v) is 10.5. The number of amides is 1. The number of anilines is 2.